The second-order valence-electron chi connectivity index (χ2n) is 9.57. The first-order valence-corrected chi connectivity index (χ1v) is 11.3. The minimum absolute atomic E-state index is 0.0584. The van der Waals surface area contributed by atoms with Gasteiger partial charge in [0.1, 0.15) is 5.82 Å². The van der Waals surface area contributed by atoms with E-state index in [0.29, 0.717) is 12.1 Å². The molecular formula is C25H35N5O2. The van der Waals surface area contributed by atoms with Crippen LogP contribution in [0, 0.1) is 6.92 Å². The van der Waals surface area contributed by atoms with Gasteiger partial charge in [-0.25, -0.2) is 9.97 Å². The average Bonchev–Trinajstić information content (AvgIpc) is 2.73. The summed E-state index contributed by atoms with van der Waals surface area (Å²) in [7, 11) is 3.45. The van der Waals surface area contributed by atoms with E-state index in [1.54, 1.807) is 20.3 Å². The Morgan fingerprint density at radius 3 is 2.41 bits per heavy atom. The van der Waals surface area contributed by atoms with Crippen molar-refractivity contribution in [1.82, 2.24) is 25.1 Å². The lowest BCUT2D eigenvalue weighted by molar-refractivity contribution is -0.124. The maximum atomic E-state index is 12.7. The van der Waals surface area contributed by atoms with Gasteiger partial charge in [-0.2, -0.15) is 0 Å². The van der Waals surface area contributed by atoms with Crippen LogP contribution < -0.4 is 5.32 Å². The summed E-state index contributed by atoms with van der Waals surface area (Å²) in [5, 5.41) is 3.19. The fourth-order valence-corrected chi connectivity index (χ4v) is 4.25. The fraction of sp³-hybridized carbons (Fsp3) is 0.520. The Labute approximate surface area is 191 Å². The Balaban J connectivity index is 1.50. The lowest BCUT2D eigenvalue weighted by atomic mass is 9.94. The third-order valence-electron chi connectivity index (χ3n) is 5.92. The van der Waals surface area contributed by atoms with Crippen LogP contribution in [0.15, 0.2) is 36.5 Å². The third kappa shape index (κ3) is 6.36. The highest BCUT2D eigenvalue weighted by molar-refractivity contribution is 5.94. The molecule has 1 fully saturated rings. The standard InChI is InChI=1S/C25H35N5O2/c1-18-21(24(32)29(4)5)16-26-23(27-18)20-11-13-30(14-12-20)17-22(31)28-25(2,3)15-19-9-7-6-8-10-19/h6-10,16,20H,11-15,17H2,1-5H3,(H,28,31). The third-order valence-corrected chi connectivity index (χ3v) is 5.92. The van der Waals surface area contributed by atoms with Gasteiger partial charge in [-0.1, -0.05) is 30.3 Å². The van der Waals surface area contributed by atoms with E-state index in [9.17, 15) is 9.59 Å². The molecule has 3 rings (SSSR count). The number of carbonyl (C=O) groups excluding carboxylic acids is 2. The molecule has 0 aliphatic carbocycles. The highest BCUT2D eigenvalue weighted by Crippen LogP contribution is 2.26. The summed E-state index contributed by atoms with van der Waals surface area (Å²) in [6.45, 7) is 8.05. The molecule has 2 amide bonds. The molecule has 7 heteroatoms. The molecule has 0 spiro atoms. The van der Waals surface area contributed by atoms with Crippen molar-refractivity contribution >= 4 is 11.8 Å². The molecule has 172 valence electrons. The van der Waals surface area contributed by atoms with Gasteiger partial charge in [0.05, 0.1) is 17.8 Å². The number of nitrogens with zero attached hydrogens (tertiary/aromatic N) is 4. The van der Waals surface area contributed by atoms with Crippen LogP contribution in [0.4, 0.5) is 0 Å². The first-order chi connectivity index (χ1) is 15.1. The molecule has 1 aliphatic rings. The van der Waals surface area contributed by atoms with Crippen LogP contribution in [0.2, 0.25) is 0 Å². The van der Waals surface area contributed by atoms with Gasteiger partial charge in [0.2, 0.25) is 5.91 Å². The van der Waals surface area contributed by atoms with E-state index in [2.05, 4.69) is 46.2 Å². The Morgan fingerprint density at radius 1 is 1.16 bits per heavy atom. The number of amides is 2. The molecule has 2 heterocycles. The zero-order valence-corrected chi connectivity index (χ0v) is 19.9. The van der Waals surface area contributed by atoms with Gasteiger partial charge in [-0.15, -0.1) is 0 Å². The van der Waals surface area contributed by atoms with Gasteiger partial charge in [0.15, 0.2) is 0 Å². The fourth-order valence-electron chi connectivity index (χ4n) is 4.25. The number of piperidine rings is 1. The van der Waals surface area contributed by atoms with E-state index in [1.165, 1.54) is 10.5 Å². The molecule has 2 aromatic rings. The van der Waals surface area contributed by atoms with Gasteiger partial charge >= 0.3 is 0 Å². The zero-order chi connectivity index (χ0) is 23.3. The molecule has 1 aliphatic heterocycles. The zero-order valence-electron chi connectivity index (χ0n) is 19.9. The van der Waals surface area contributed by atoms with E-state index in [0.717, 1.165) is 43.9 Å². The Kier molecular flexibility index (Phi) is 7.61. The lowest BCUT2D eigenvalue weighted by Crippen LogP contribution is -2.50. The highest BCUT2D eigenvalue weighted by Gasteiger charge is 2.27. The number of nitrogens with one attached hydrogen (secondary N) is 1. The summed E-state index contributed by atoms with van der Waals surface area (Å²) in [6.07, 6.45) is 4.25. The minimum atomic E-state index is -0.298. The van der Waals surface area contributed by atoms with Crippen molar-refractivity contribution in [3.63, 3.8) is 0 Å². The first-order valence-electron chi connectivity index (χ1n) is 11.3. The Morgan fingerprint density at radius 2 is 1.81 bits per heavy atom. The number of likely N-dealkylation sites (tertiary alicyclic amines) is 1. The molecule has 0 atom stereocenters. The number of rotatable bonds is 7. The molecule has 1 N–H and O–H groups in total. The molecule has 0 radical (unpaired) electrons. The molecular weight excluding hydrogens is 402 g/mol. The number of carbonyl (C=O) groups is 2. The van der Waals surface area contributed by atoms with E-state index < -0.39 is 0 Å². The lowest BCUT2D eigenvalue weighted by Gasteiger charge is -2.32. The average molecular weight is 438 g/mol. The van der Waals surface area contributed by atoms with Gasteiger partial charge in [0, 0.05) is 31.7 Å². The summed E-state index contributed by atoms with van der Waals surface area (Å²) in [6, 6.07) is 10.2. The van der Waals surface area contributed by atoms with E-state index in [-0.39, 0.29) is 23.3 Å². The first kappa shape index (κ1) is 23.9. The number of aromatic nitrogens is 2. The van der Waals surface area contributed by atoms with Gasteiger partial charge in [-0.05, 0) is 58.7 Å². The van der Waals surface area contributed by atoms with Crippen molar-refractivity contribution < 1.29 is 9.59 Å². The molecule has 32 heavy (non-hydrogen) atoms. The summed E-state index contributed by atoms with van der Waals surface area (Å²) >= 11 is 0. The number of hydrogen-bond acceptors (Lipinski definition) is 5. The molecule has 0 saturated carbocycles. The maximum absolute atomic E-state index is 12.7. The Bertz CT molecular complexity index is 935. The maximum Gasteiger partial charge on any atom is 0.256 e. The van der Waals surface area contributed by atoms with Gasteiger partial charge in [0.25, 0.3) is 5.91 Å². The molecule has 7 nitrogen and oxygen atoms in total. The smallest absolute Gasteiger partial charge is 0.256 e. The van der Waals surface area contributed by atoms with Crippen molar-refractivity contribution in [2.75, 3.05) is 33.7 Å². The van der Waals surface area contributed by atoms with E-state index in [1.807, 2.05) is 25.1 Å². The highest BCUT2D eigenvalue weighted by atomic mass is 16.2. The van der Waals surface area contributed by atoms with Crippen molar-refractivity contribution in [3.05, 3.63) is 59.2 Å². The minimum Gasteiger partial charge on any atom is -0.350 e. The predicted molar refractivity (Wildman–Crippen MR) is 126 cm³/mol. The molecule has 0 unspecified atom stereocenters. The van der Waals surface area contributed by atoms with Crippen molar-refractivity contribution in [3.8, 4) is 0 Å². The Hall–Kier alpha value is -2.80. The summed E-state index contributed by atoms with van der Waals surface area (Å²) in [4.78, 5) is 37.7. The van der Waals surface area contributed by atoms with Crippen molar-refractivity contribution in [2.24, 2.45) is 0 Å². The van der Waals surface area contributed by atoms with Crippen LogP contribution in [0.25, 0.3) is 0 Å². The van der Waals surface area contributed by atoms with Gasteiger partial charge in [-0.3, -0.25) is 14.5 Å². The molecule has 1 aromatic heterocycles. The largest absolute Gasteiger partial charge is 0.350 e. The van der Waals surface area contributed by atoms with Crippen LogP contribution >= 0.6 is 0 Å². The number of hydrogen-bond donors (Lipinski definition) is 1. The van der Waals surface area contributed by atoms with Crippen LogP contribution in [-0.2, 0) is 11.2 Å². The molecule has 0 bridgehead atoms. The second-order valence-corrected chi connectivity index (χ2v) is 9.57. The van der Waals surface area contributed by atoms with E-state index in [4.69, 9.17) is 0 Å². The van der Waals surface area contributed by atoms with E-state index >= 15 is 0 Å². The number of aryl methyl sites for hydroxylation is 1. The van der Waals surface area contributed by atoms with Crippen LogP contribution in [0.3, 0.4) is 0 Å². The number of benzene rings is 1. The summed E-state index contributed by atoms with van der Waals surface area (Å²) < 4.78 is 0. The second kappa shape index (κ2) is 10.2. The molecule has 1 saturated heterocycles. The van der Waals surface area contributed by atoms with Crippen molar-refractivity contribution in [1.29, 1.82) is 0 Å². The van der Waals surface area contributed by atoms with Crippen LogP contribution in [0.5, 0.6) is 0 Å². The topological polar surface area (TPSA) is 78.4 Å². The van der Waals surface area contributed by atoms with Crippen LogP contribution in [-0.4, -0.2) is 70.9 Å². The normalized spacial score (nSPS) is 15.4. The molecule has 1 aromatic carbocycles. The van der Waals surface area contributed by atoms with Crippen molar-refractivity contribution in [2.45, 2.75) is 51.5 Å². The summed E-state index contributed by atoms with van der Waals surface area (Å²) in [5.41, 5.74) is 2.18. The summed E-state index contributed by atoms with van der Waals surface area (Å²) in [5.74, 6) is 1.03. The van der Waals surface area contributed by atoms with Crippen LogP contribution in [0.1, 0.15) is 60.0 Å². The predicted octanol–water partition coefficient (Wildman–Crippen LogP) is 2.80. The SMILES string of the molecule is Cc1nc(C2CCN(CC(=O)NC(C)(C)Cc3ccccc3)CC2)ncc1C(=O)N(C)C. The quantitative estimate of drug-likeness (QED) is 0.721. The van der Waals surface area contributed by atoms with Gasteiger partial charge < -0.3 is 10.2 Å². The monoisotopic (exact) mass is 437 g/mol.